The Morgan fingerprint density at radius 3 is 2.50 bits per heavy atom. The summed E-state index contributed by atoms with van der Waals surface area (Å²) in [7, 11) is 0. The molecule has 0 bridgehead atoms. The van der Waals surface area contributed by atoms with Crippen molar-refractivity contribution < 1.29 is 14.3 Å². The largest absolute Gasteiger partial charge is 0.493 e. The first-order valence-corrected chi connectivity index (χ1v) is 12.7. The molecule has 7 nitrogen and oxygen atoms in total. The van der Waals surface area contributed by atoms with Gasteiger partial charge in [-0.25, -0.2) is 0 Å². The van der Waals surface area contributed by atoms with Crippen molar-refractivity contribution in [2.24, 2.45) is 5.41 Å². The van der Waals surface area contributed by atoms with Crippen LogP contribution in [0.25, 0.3) is 0 Å². The van der Waals surface area contributed by atoms with Crippen LogP contribution in [-0.4, -0.2) is 64.2 Å². The van der Waals surface area contributed by atoms with Crippen molar-refractivity contribution in [3.05, 3.63) is 46.7 Å². The van der Waals surface area contributed by atoms with Crippen molar-refractivity contribution in [3.8, 4) is 5.75 Å². The second-order valence-corrected chi connectivity index (χ2v) is 10.3. The fourth-order valence-corrected chi connectivity index (χ4v) is 5.35. The van der Waals surface area contributed by atoms with E-state index < -0.39 is 5.41 Å². The Labute approximate surface area is 207 Å². The first-order valence-electron chi connectivity index (χ1n) is 12.3. The summed E-state index contributed by atoms with van der Waals surface area (Å²) in [6, 6.07) is 9.30. The average molecular weight is 487 g/mol. The van der Waals surface area contributed by atoms with E-state index in [1.54, 1.807) is 10.7 Å². The summed E-state index contributed by atoms with van der Waals surface area (Å²) in [6.07, 6.45) is 5.38. The molecule has 2 fully saturated rings. The number of carbonyl (C=O) groups excluding carboxylic acids is 2. The van der Waals surface area contributed by atoms with Gasteiger partial charge in [0.05, 0.1) is 12.3 Å². The quantitative estimate of drug-likeness (QED) is 0.587. The molecule has 184 valence electrons. The van der Waals surface area contributed by atoms with Crippen LogP contribution in [0.1, 0.15) is 49.9 Å². The molecule has 0 radical (unpaired) electrons. The van der Waals surface area contributed by atoms with Gasteiger partial charge in [-0.2, -0.15) is 5.10 Å². The molecule has 1 aromatic heterocycles. The summed E-state index contributed by atoms with van der Waals surface area (Å²) in [6.45, 7) is 7.32. The van der Waals surface area contributed by atoms with Gasteiger partial charge in [0, 0.05) is 48.7 Å². The number of aromatic nitrogens is 2. The maximum absolute atomic E-state index is 13.3. The Bertz CT molecular complexity index is 1020. The fraction of sp³-hybridized carbons (Fsp3) is 0.577. The first-order chi connectivity index (χ1) is 16.3. The lowest BCUT2D eigenvalue weighted by Crippen LogP contribution is -2.52. The summed E-state index contributed by atoms with van der Waals surface area (Å²) < 4.78 is 7.94. The van der Waals surface area contributed by atoms with Crippen LogP contribution < -0.4 is 4.74 Å². The standard InChI is InChI=1S/C26H35ClN4O3/c1-20-14-21(2)31(28-20)17-25(33)30-13-7-10-26(18-30,16-24(32)29-11-4-3-5-12-29)19-34-23-9-6-8-22(27)15-23/h6,8-9,14-15H,3-5,7,10-13,16-19H2,1-2H3/t26-/m1/s1. The van der Waals surface area contributed by atoms with Gasteiger partial charge < -0.3 is 14.5 Å². The second-order valence-electron chi connectivity index (χ2n) is 9.87. The van der Waals surface area contributed by atoms with Gasteiger partial charge in [0.15, 0.2) is 0 Å². The van der Waals surface area contributed by atoms with E-state index in [1.807, 2.05) is 47.9 Å². The van der Waals surface area contributed by atoms with E-state index in [9.17, 15) is 9.59 Å². The Morgan fingerprint density at radius 1 is 1.03 bits per heavy atom. The van der Waals surface area contributed by atoms with Crippen LogP contribution in [0, 0.1) is 19.3 Å². The molecule has 0 spiro atoms. The van der Waals surface area contributed by atoms with Gasteiger partial charge in [-0.1, -0.05) is 17.7 Å². The highest BCUT2D eigenvalue weighted by Crippen LogP contribution is 2.36. The van der Waals surface area contributed by atoms with Crippen molar-refractivity contribution >= 4 is 23.4 Å². The lowest BCUT2D eigenvalue weighted by atomic mass is 9.77. The minimum atomic E-state index is -0.431. The smallest absolute Gasteiger partial charge is 0.244 e. The van der Waals surface area contributed by atoms with E-state index in [4.69, 9.17) is 16.3 Å². The molecule has 2 aliphatic rings. The zero-order chi connectivity index (χ0) is 24.1. The number of rotatable bonds is 7. The highest BCUT2D eigenvalue weighted by atomic mass is 35.5. The average Bonchev–Trinajstić information content (AvgIpc) is 3.15. The maximum Gasteiger partial charge on any atom is 0.244 e. The number of benzene rings is 1. The first kappa shape index (κ1) is 24.6. The Kier molecular flexibility index (Phi) is 7.81. The third-order valence-corrected chi connectivity index (χ3v) is 7.21. The molecule has 3 heterocycles. The van der Waals surface area contributed by atoms with Crippen molar-refractivity contribution in [1.29, 1.82) is 0 Å². The van der Waals surface area contributed by atoms with E-state index in [0.29, 0.717) is 36.9 Å². The molecule has 2 saturated heterocycles. The fourth-order valence-electron chi connectivity index (χ4n) is 5.17. The molecular formula is C26H35ClN4O3. The molecule has 8 heteroatoms. The number of likely N-dealkylation sites (tertiary alicyclic amines) is 2. The molecule has 2 amide bonds. The summed E-state index contributed by atoms with van der Waals surface area (Å²) in [5.41, 5.74) is 1.44. The summed E-state index contributed by atoms with van der Waals surface area (Å²) in [5.74, 6) is 0.883. The number of hydrogen-bond acceptors (Lipinski definition) is 4. The maximum atomic E-state index is 13.3. The van der Waals surface area contributed by atoms with E-state index in [0.717, 1.165) is 50.2 Å². The van der Waals surface area contributed by atoms with Gasteiger partial charge in [0.1, 0.15) is 12.3 Å². The molecule has 0 aliphatic carbocycles. The predicted molar refractivity (Wildman–Crippen MR) is 132 cm³/mol. The van der Waals surface area contributed by atoms with Crippen molar-refractivity contribution in [1.82, 2.24) is 19.6 Å². The van der Waals surface area contributed by atoms with Gasteiger partial charge in [-0.3, -0.25) is 14.3 Å². The van der Waals surface area contributed by atoms with E-state index in [1.165, 1.54) is 6.42 Å². The molecule has 0 unspecified atom stereocenters. The monoisotopic (exact) mass is 486 g/mol. The molecular weight excluding hydrogens is 452 g/mol. The van der Waals surface area contributed by atoms with Crippen LogP contribution in [-0.2, 0) is 16.1 Å². The topological polar surface area (TPSA) is 67.7 Å². The number of amides is 2. The third kappa shape index (κ3) is 6.12. The lowest BCUT2D eigenvalue weighted by Gasteiger charge is -2.43. The third-order valence-electron chi connectivity index (χ3n) is 6.98. The number of halogens is 1. The van der Waals surface area contributed by atoms with Gasteiger partial charge in [-0.05, 0) is 70.2 Å². The van der Waals surface area contributed by atoms with Crippen LogP contribution in [0.4, 0.5) is 0 Å². The van der Waals surface area contributed by atoms with Crippen molar-refractivity contribution in [3.63, 3.8) is 0 Å². The van der Waals surface area contributed by atoms with Gasteiger partial charge >= 0.3 is 0 Å². The van der Waals surface area contributed by atoms with E-state index >= 15 is 0 Å². The number of aryl methyl sites for hydroxylation is 2. The van der Waals surface area contributed by atoms with Crippen LogP contribution in [0.3, 0.4) is 0 Å². The number of nitrogens with zero attached hydrogens (tertiary/aromatic N) is 4. The van der Waals surface area contributed by atoms with Crippen LogP contribution in [0.5, 0.6) is 5.75 Å². The van der Waals surface area contributed by atoms with Crippen LogP contribution >= 0.6 is 11.6 Å². The minimum Gasteiger partial charge on any atom is -0.493 e. The summed E-state index contributed by atoms with van der Waals surface area (Å²) in [5, 5.41) is 5.06. The molecule has 34 heavy (non-hydrogen) atoms. The number of piperidine rings is 2. The molecule has 4 rings (SSSR count). The Morgan fingerprint density at radius 2 is 1.79 bits per heavy atom. The number of carbonyl (C=O) groups is 2. The normalized spacial score (nSPS) is 20.9. The van der Waals surface area contributed by atoms with Gasteiger partial charge in [0.25, 0.3) is 0 Å². The number of hydrogen-bond donors (Lipinski definition) is 0. The highest BCUT2D eigenvalue weighted by Gasteiger charge is 2.41. The zero-order valence-corrected chi connectivity index (χ0v) is 21.0. The van der Waals surface area contributed by atoms with Crippen LogP contribution in [0.2, 0.25) is 5.02 Å². The highest BCUT2D eigenvalue weighted by molar-refractivity contribution is 6.30. The molecule has 2 aliphatic heterocycles. The zero-order valence-electron chi connectivity index (χ0n) is 20.3. The summed E-state index contributed by atoms with van der Waals surface area (Å²) >= 11 is 6.14. The molecule has 0 saturated carbocycles. The van der Waals surface area contributed by atoms with Crippen molar-refractivity contribution in [2.45, 2.75) is 58.9 Å². The molecule has 0 N–H and O–H groups in total. The molecule has 1 aromatic carbocycles. The molecule has 2 aromatic rings. The summed E-state index contributed by atoms with van der Waals surface area (Å²) in [4.78, 5) is 30.4. The lowest BCUT2D eigenvalue weighted by molar-refractivity contribution is -0.142. The molecule has 1 atom stereocenters. The van der Waals surface area contributed by atoms with E-state index in [-0.39, 0.29) is 18.4 Å². The number of ether oxygens (including phenoxy) is 1. The van der Waals surface area contributed by atoms with Crippen molar-refractivity contribution in [2.75, 3.05) is 32.8 Å². The minimum absolute atomic E-state index is 0.0310. The SMILES string of the molecule is Cc1cc(C)n(CC(=O)N2CCC[C@@](COc3cccc(Cl)c3)(CC(=O)N3CCCCC3)C2)n1. The second kappa shape index (κ2) is 10.8. The Hall–Kier alpha value is -2.54. The van der Waals surface area contributed by atoms with E-state index in [2.05, 4.69) is 5.10 Å². The predicted octanol–water partition coefficient (Wildman–Crippen LogP) is 4.24. The van der Waals surface area contributed by atoms with Crippen LogP contribution in [0.15, 0.2) is 30.3 Å². The Balaban J connectivity index is 1.50. The van der Waals surface area contributed by atoms with Gasteiger partial charge in [0.2, 0.25) is 11.8 Å². The van der Waals surface area contributed by atoms with Gasteiger partial charge in [-0.15, -0.1) is 0 Å².